The molecule has 58 valence electrons. The number of nitriles is 1. The predicted octanol–water partition coefficient (Wildman–Crippen LogP) is 1.67. The second-order valence-electron chi connectivity index (χ2n) is 1.72. The van der Waals surface area contributed by atoms with Crippen molar-refractivity contribution in [3.05, 3.63) is 0 Å². The molecule has 0 radical (unpaired) electrons. The summed E-state index contributed by atoms with van der Waals surface area (Å²) in [6, 6.07) is 1.58. The van der Waals surface area contributed by atoms with Gasteiger partial charge >= 0.3 is 0 Å². The van der Waals surface area contributed by atoms with E-state index in [4.69, 9.17) is 45.2 Å². The highest BCUT2D eigenvalue weighted by molar-refractivity contribution is 6.44. The molecule has 0 saturated heterocycles. The highest BCUT2D eigenvalue weighted by Gasteiger charge is 2.18. The van der Waals surface area contributed by atoms with Crippen LogP contribution in [0.2, 0.25) is 0 Å². The van der Waals surface area contributed by atoms with Crippen molar-refractivity contribution in [2.45, 2.75) is 22.7 Å². The van der Waals surface area contributed by atoms with E-state index in [1.165, 1.54) is 0 Å². The van der Waals surface area contributed by atoms with Crippen LogP contribution in [0.15, 0.2) is 0 Å². The molecule has 0 aromatic carbocycles. The monoisotopic (exact) mass is 201 g/mol. The predicted molar refractivity (Wildman–Crippen MR) is 41.4 cm³/mol. The summed E-state index contributed by atoms with van der Waals surface area (Å²) in [5.41, 5.74) is 0. The fourth-order valence-corrected chi connectivity index (χ4v) is 1.18. The van der Waals surface area contributed by atoms with Crippen LogP contribution in [-0.4, -0.2) is 21.4 Å². The lowest BCUT2D eigenvalue weighted by Gasteiger charge is -2.09. The minimum atomic E-state index is -1.19. The van der Waals surface area contributed by atoms with Crippen LogP contribution in [0.3, 0.4) is 0 Å². The van der Waals surface area contributed by atoms with Crippen molar-refractivity contribution < 1.29 is 5.11 Å². The molecule has 10 heavy (non-hydrogen) atoms. The summed E-state index contributed by atoms with van der Waals surface area (Å²) in [7, 11) is 0. The van der Waals surface area contributed by atoms with E-state index in [1.807, 2.05) is 0 Å². The van der Waals surface area contributed by atoms with Crippen LogP contribution < -0.4 is 0 Å². The molecule has 2 nitrogen and oxygen atoms in total. The second-order valence-corrected chi connectivity index (χ2v) is 3.55. The molecule has 0 aromatic heterocycles. The van der Waals surface area contributed by atoms with E-state index in [0.29, 0.717) is 0 Å². The molecule has 0 saturated carbocycles. The van der Waals surface area contributed by atoms with Crippen LogP contribution >= 0.6 is 34.8 Å². The average Bonchev–Trinajstić information content (AvgIpc) is 1.85. The molecule has 2 atom stereocenters. The summed E-state index contributed by atoms with van der Waals surface area (Å²) in [6.07, 6.45) is -0.985. The van der Waals surface area contributed by atoms with Crippen molar-refractivity contribution in [1.29, 1.82) is 5.26 Å². The molecule has 0 bridgehead atoms. The smallest absolute Gasteiger partial charge is 0.156 e. The normalized spacial score (nSPS) is 16.4. The first-order valence-electron chi connectivity index (χ1n) is 2.57. The minimum Gasteiger partial charge on any atom is -0.377 e. The Bertz CT molecular complexity index is 133. The third-order valence-electron chi connectivity index (χ3n) is 0.878. The molecular weight excluding hydrogens is 196 g/mol. The molecular formula is C5H6Cl3NO. The Labute approximate surface area is 74.3 Å². The van der Waals surface area contributed by atoms with Gasteiger partial charge in [-0.15, -0.1) is 34.8 Å². The molecule has 0 rings (SSSR count). The summed E-state index contributed by atoms with van der Waals surface area (Å²) < 4.78 is 0. The van der Waals surface area contributed by atoms with E-state index in [1.54, 1.807) is 6.07 Å². The Morgan fingerprint density at radius 1 is 1.40 bits per heavy atom. The zero-order chi connectivity index (χ0) is 8.15. The highest BCUT2D eigenvalue weighted by atomic mass is 35.5. The van der Waals surface area contributed by atoms with Crippen molar-refractivity contribution in [3.63, 3.8) is 0 Å². The van der Waals surface area contributed by atoms with Gasteiger partial charge in [0.25, 0.3) is 0 Å². The van der Waals surface area contributed by atoms with Crippen LogP contribution in [0.1, 0.15) is 6.42 Å². The number of aliphatic hydroxyl groups is 1. The summed E-state index contributed by atoms with van der Waals surface area (Å²) in [5, 5.41) is 16.2. The molecule has 1 N–H and O–H groups in total. The van der Waals surface area contributed by atoms with E-state index in [0.717, 1.165) is 0 Å². The van der Waals surface area contributed by atoms with Gasteiger partial charge in [-0.3, -0.25) is 0 Å². The van der Waals surface area contributed by atoms with Crippen LogP contribution in [-0.2, 0) is 0 Å². The minimum absolute atomic E-state index is 0.208. The molecule has 0 aliphatic carbocycles. The Hall–Kier alpha value is 0.320. The van der Waals surface area contributed by atoms with Crippen molar-refractivity contribution in [2.24, 2.45) is 0 Å². The van der Waals surface area contributed by atoms with Gasteiger partial charge in [0.05, 0.1) is 11.4 Å². The molecule has 0 spiro atoms. The van der Waals surface area contributed by atoms with Gasteiger partial charge < -0.3 is 5.11 Å². The largest absolute Gasteiger partial charge is 0.377 e. The molecule has 0 amide bonds. The number of nitrogens with zero attached hydrogens (tertiary/aromatic N) is 1. The lowest BCUT2D eigenvalue weighted by molar-refractivity contribution is 0.222. The third-order valence-corrected chi connectivity index (χ3v) is 1.65. The van der Waals surface area contributed by atoms with Gasteiger partial charge in [-0.25, -0.2) is 0 Å². The number of alkyl halides is 3. The van der Waals surface area contributed by atoms with Crippen LogP contribution in [0.4, 0.5) is 0 Å². The first-order valence-corrected chi connectivity index (χ1v) is 3.88. The van der Waals surface area contributed by atoms with Gasteiger partial charge in [0, 0.05) is 0 Å². The zero-order valence-corrected chi connectivity index (χ0v) is 7.24. The summed E-state index contributed by atoms with van der Waals surface area (Å²) in [5.74, 6) is 0. The first kappa shape index (κ1) is 10.3. The standard InChI is InChI=1S/C5H6Cl3NO/c6-3(1-5(7)8)4(10)2-9/h3-5,10H,1H2. The molecule has 0 fully saturated rings. The van der Waals surface area contributed by atoms with Crippen molar-refractivity contribution in [3.8, 4) is 6.07 Å². The lowest BCUT2D eigenvalue weighted by Crippen LogP contribution is -2.20. The molecule has 5 heteroatoms. The Balaban J connectivity index is 3.64. The first-order chi connectivity index (χ1) is 4.57. The topological polar surface area (TPSA) is 44.0 Å². The van der Waals surface area contributed by atoms with Crippen LogP contribution in [0.5, 0.6) is 0 Å². The van der Waals surface area contributed by atoms with E-state index in [-0.39, 0.29) is 6.42 Å². The number of hydrogen-bond acceptors (Lipinski definition) is 2. The van der Waals surface area contributed by atoms with Gasteiger partial charge in [-0.2, -0.15) is 5.26 Å². The average molecular weight is 202 g/mol. The van der Waals surface area contributed by atoms with E-state index >= 15 is 0 Å². The van der Waals surface area contributed by atoms with E-state index in [2.05, 4.69) is 0 Å². The van der Waals surface area contributed by atoms with Gasteiger partial charge in [-0.05, 0) is 6.42 Å². The number of rotatable bonds is 3. The zero-order valence-electron chi connectivity index (χ0n) is 4.97. The third kappa shape index (κ3) is 4.19. The van der Waals surface area contributed by atoms with Gasteiger partial charge in [0.15, 0.2) is 6.10 Å². The summed E-state index contributed by atoms with van der Waals surface area (Å²) >= 11 is 16.2. The molecule has 0 aliphatic rings. The maximum atomic E-state index is 8.76. The Kier molecular flexibility index (Phi) is 5.20. The van der Waals surface area contributed by atoms with Crippen LogP contribution in [0.25, 0.3) is 0 Å². The Morgan fingerprint density at radius 3 is 2.20 bits per heavy atom. The van der Waals surface area contributed by atoms with Gasteiger partial charge in [-0.1, -0.05) is 0 Å². The second kappa shape index (κ2) is 5.03. The maximum Gasteiger partial charge on any atom is 0.156 e. The highest BCUT2D eigenvalue weighted by Crippen LogP contribution is 2.16. The van der Waals surface area contributed by atoms with E-state index in [9.17, 15) is 0 Å². The number of aliphatic hydroxyl groups excluding tert-OH is 1. The van der Waals surface area contributed by atoms with Crippen LogP contribution in [0, 0.1) is 11.3 Å². The number of halogens is 3. The summed E-state index contributed by atoms with van der Waals surface area (Å²) in [6.45, 7) is 0. The lowest BCUT2D eigenvalue weighted by atomic mass is 10.2. The maximum absolute atomic E-state index is 8.76. The molecule has 0 heterocycles. The Morgan fingerprint density at radius 2 is 1.90 bits per heavy atom. The molecule has 2 unspecified atom stereocenters. The SMILES string of the molecule is N#CC(O)C(Cl)CC(Cl)Cl. The van der Waals surface area contributed by atoms with Gasteiger partial charge in [0.2, 0.25) is 0 Å². The fraction of sp³-hybridized carbons (Fsp3) is 0.800. The van der Waals surface area contributed by atoms with Crippen molar-refractivity contribution in [2.75, 3.05) is 0 Å². The molecule has 0 aliphatic heterocycles. The quantitative estimate of drug-likeness (QED) is 0.559. The van der Waals surface area contributed by atoms with Crippen molar-refractivity contribution in [1.82, 2.24) is 0 Å². The molecule has 0 aromatic rings. The fourth-order valence-electron chi connectivity index (χ4n) is 0.380. The van der Waals surface area contributed by atoms with Crippen molar-refractivity contribution >= 4 is 34.8 Å². The summed E-state index contributed by atoms with van der Waals surface area (Å²) in [4.78, 5) is -0.634. The number of hydrogen-bond donors (Lipinski definition) is 1. The van der Waals surface area contributed by atoms with E-state index < -0.39 is 16.3 Å². The van der Waals surface area contributed by atoms with Gasteiger partial charge in [0.1, 0.15) is 4.84 Å².